The van der Waals surface area contributed by atoms with Gasteiger partial charge in [0.05, 0.1) is 6.04 Å². The molecule has 0 aliphatic carbocycles. The first-order valence-electron chi connectivity index (χ1n) is 14.0. The number of benzene rings is 2. The van der Waals surface area contributed by atoms with E-state index in [4.69, 9.17) is 0 Å². The van der Waals surface area contributed by atoms with Gasteiger partial charge in [-0.25, -0.2) is 8.42 Å². The third-order valence-electron chi connectivity index (χ3n) is 8.30. The molecule has 10 heteroatoms. The number of carbonyl (C=O) groups is 1. The second-order valence-electron chi connectivity index (χ2n) is 12.1. The van der Waals surface area contributed by atoms with E-state index in [-0.39, 0.29) is 23.4 Å². The zero-order valence-corrected chi connectivity index (χ0v) is 24.5. The van der Waals surface area contributed by atoms with E-state index in [1.165, 1.54) is 5.56 Å². The molecule has 39 heavy (non-hydrogen) atoms. The Morgan fingerprint density at radius 1 is 1.00 bits per heavy atom. The fourth-order valence-corrected chi connectivity index (χ4v) is 6.43. The Morgan fingerprint density at radius 3 is 2.18 bits per heavy atom. The van der Waals surface area contributed by atoms with Gasteiger partial charge in [0.1, 0.15) is 0 Å². The summed E-state index contributed by atoms with van der Waals surface area (Å²) in [6.45, 7) is 12.3. The van der Waals surface area contributed by atoms with Crippen LogP contribution in [0.25, 0.3) is 0 Å². The molecule has 0 radical (unpaired) electrons. The summed E-state index contributed by atoms with van der Waals surface area (Å²) in [7, 11) is -3.14. The highest BCUT2D eigenvalue weighted by Gasteiger charge is 2.40. The number of piperazine rings is 1. The van der Waals surface area contributed by atoms with Crippen molar-refractivity contribution >= 4 is 29.5 Å². The summed E-state index contributed by atoms with van der Waals surface area (Å²) in [4.78, 5) is 20.3. The van der Waals surface area contributed by atoms with Crippen LogP contribution in [0.5, 0.6) is 0 Å². The van der Waals surface area contributed by atoms with Crippen LogP contribution < -0.4 is 4.72 Å². The normalized spacial score (nSPS) is 20.7. The fourth-order valence-electron chi connectivity index (χ4n) is 6.07. The van der Waals surface area contributed by atoms with E-state index in [0.29, 0.717) is 24.6 Å². The lowest BCUT2D eigenvalue weighted by Crippen LogP contribution is -2.60. The Hall–Kier alpha value is -2.40. The van der Waals surface area contributed by atoms with Crippen LogP contribution in [0, 0.1) is 11.3 Å². The molecule has 4 rings (SSSR count). The number of piperidine rings is 1. The molecule has 8 nitrogen and oxygen atoms in total. The molecule has 0 bridgehead atoms. The number of thiol groups is 1. The lowest BCUT2D eigenvalue weighted by Gasteiger charge is -2.50. The number of hydrogen-bond donors (Lipinski definition) is 3. The van der Waals surface area contributed by atoms with Crippen molar-refractivity contribution in [1.82, 2.24) is 14.6 Å². The Balaban J connectivity index is 1.53. The molecule has 2 N–H and O–H groups in total. The zero-order chi connectivity index (χ0) is 28.2. The van der Waals surface area contributed by atoms with Gasteiger partial charge in [-0.05, 0) is 67.3 Å². The van der Waals surface area contributed by atoms with Crippen LogP contribution in [0.2, 0.25) is 6.82 Å². The maximum atomic E-state index is 13.7. The van der Waals surface area contributed by atoms with E-state index in [0.717, 1.165) is 44.6 Å². The summed E-state index contributed by atoms with van der Waals surface area (Å²) in [5, 5.41) is 9.87. The van der Waals surface area contributed by atoms with E-state index in [1.807, 2.05) is 37.2 Å². The quantitative estimate of drug-likeness (QED) is 0.342. The van der Waals surface area contributed by atoms with Gasteiger partial charge in [0.2, 0.25) is 16.8 Å². The van der Waals surface area contributed by atoms with Gasteiger partial charge < -0.3 is 14.7 Å². The van der Waals surface area contributed by atoms with Gasteiger partial charge in [-0.3, -0.25) is 14.4 Å². The van der Waals surface area contributed by atoms with Crippen LogP contribution in [-0.2, 0) is 15.7 Å². The van der Waals surface area contributed by atoms with Crippen molar-refractivity contribution in [3.63, 3.8) is 0 Å². The molecule has 0 aromatic heterocycles. The standard InChI is InChI=1S/C29H43BN4O4S/c1-29(2,3)26-21-32(18-19-34(26)27(35)20-22-14-16-33(17-15-22)30(4)36)28(23-8-6-5-7-9-23)24-10-12-25(13-11-24)31-39(37)38/h5-13,22,26,28,36,39H,14-21H2,1-4H3,(H,31,37,38)/t26-,28?/m1/s1. The Kier molecular flexibility index (Phi) is 9.75. The van der Waals surface area contributed by atoms with Gasteiger partial charge in [-0.1, -0.05) is 63.2 Å². The summed E-state index contributed by atoms with van der Waals surface area (Å²) in [5.41, 5.74) is 2.71. The van der Waals surface area contributed by atoms with Crippen LogP contribution in [0.1, 0.15) is 57.2 Å². The zero-order valence-electron chi connectivity index (χ0n) is 23.6. The molecule has 0 saturated carbocycles. The summed E-state index contributed by atoms with van der Waals surface area (Å²) in [5.74, 6) is 0.600. The topological polar surface area (TPSA) is 93.2 Å². The Morgan fingerprint density at radius 2 is 1.62 bits per heavy atom. The third kappa shape index (κ3) is 7.63. The summed E-state index contributed by atoms with van der Waals surface area (Å²) in [6, 6.07) is 18.0. The highest BCUT2D eigenvalue weighted by Crippen LogP contribution is 2.36. The number of hydrogen-bond acceptors (Lipinski definition) is 6. The summed E-state index contributed by atoms with van der Waals surface area (Å²) >= 11 is 0. The van der Waals surface area contributed by atoms with Crippen molar-refractivity contribution in [2.45, 2.75) is 58.9 Å². The van der Waals surface area contributed by atoms with Crippen molar-refractivity contribution in [2.75, 3.05) is 37.4 Å². The highest BCUT2D eigenvalue weighted by atomic mass is 32.2. The summed E-state index contributed by atoms with van der Waals surface area (Å²) < 4.78 is 24.7. The van der Waals surface area contributed by atoms with Gasteiger partial charge in [0.25, 0.3) is 0 Å². The van der Waals surface area contributed by atoms with Gasteiger partial charge in [-0.15, -0.1) is 0 Å². The second-order valence-corrected chi connectivity index (χ2v) is 12.8. The maximum Gasteiger partial charge on any atom is 0.376 e. The first-order chi connectivity index (χ1) is 18.5. The molecule has 2 fully saturated rings. The van der Waals surface area contributed by atoms with E-state index in [2.05, 4.69) is 52.2 Å². The van der Waals surface area contributed by atoms with Crippen LogP contribution in [-0.4, -0.2) is 79.8 Å². The Bertz CT molecular complexity index is 1150. The van der Waals surface area contributed by atoms with Crippen LogP contribution in [0.3, 0.4) is 0 Å². The molecule has 2 aromatic carbocycles. The average molecular weight is 555 g/mol. The third-order valence-corrected chi connectivity index (χ3v) is 8.74. The predicted octanol–water partition coefficient (Wildman–Crippen LogP) is 3.49. The van der Waals surface area contributed by atoms with E-state index >= 15 is 0 Å². The average Bonchev–Trinajstić information content (AvgIpc) is 2.90. The lowest BCUT2D eigenvalue weighted by molar-refractivity contribution is -0.141. The molecule has 212 valence electrons. The van der Waals surface area contributed by atoms with Gasteiger partial charge in [0.15, 0.2) is 0 Å². The molecule has 2 atom stereocenters. The van der Waals surface area contributed by atoms with E-state index < -0.39 is 17.9 Å². The minimum Gasteiger partial charge on any atom is -0.437 e. The fraction of sp³-hybridized carbons (Fsp3) is 0.552. The molecule has 0 spiro atoms. The van der Waals surface area contributed by atoms with Crippen molar-refractivity contribution in [3.05, 3.63) is 65.7 Å². The monoisotopic (exact) mass is 554 g/mol. The first-order valence-corrected chi connectivity index (χ1v) is 15.2. The van der Waals surface area contributed by atoms with Gasteiger partial charge in [-0.2, -0.15) is 0 Å². The number of nitrogens with one attached hydrogen (secondary N) is 1. The predicted molar refractivity (Wildman–Crippen MR) is 158 cm³/mol. The maximum absolute atomic E-state index is 13.7. The van der Waals surface area contributed by atoms with E-state index in [1.54, 1.807) is 12.1 Å². The number of carbonyl (C=O) groups excluding carboxylic acids is 1. The number of rotatable bonds is 8. The molecule has 2 aliphatic rings. The van der Waals surface area contributed by atoms with Crippen LogP contribution in [0.15, 0.2) is 54.6 Å². The molecule has 2 aliphatic heterocycles. The lowest BCUT2D eigenvalue weighted by atomic mass is 9.80. The SMILES string of the molecule is CB(O)N1CCC(CC(=O)N2CCN(C(c3ccccc3)c3ccc(N[SH](=O)=O)cc3)C[C@@H]2C(C)(C)C)CC1. The van der Waals surface area contributed by atoms with Crippen molar-refractivity contribution in [1.29, 1.82) is 0 Å². The Labute approximate surface area is 235 Å². The van der Waals surface area contributed by atoms with Crippen molar-refractivity contribution in [2.24, 2.45) is 11.3 Å². The second kappa shape index (κ2) is 12.8. The molecular weight excluding hydrogens is 511 g/mol. The van der Waals surface area contributed by atoms with Gasteiger partial charge >= 0.3 is 7.05 Å². The van der Waals surface area contributed by atoms with Crippen LogP contribution in [0.4, 0.5) is 5.69 Å². The minimum atomic E-state index is -2.71. The molecule has 2 aromatic rings. The smallest absolute Gasteiger partial charge is 0.376 e. The number of anilines is 1. The molecular formula is C29H43BN4O4S. The number of nitrogens with zero attached hydrogens (tertiary/aromatic N) is 3. The van der Waals surface area contributed by atoms with Gasteiger partial charge in [0, 0.05) is 37.8 Å². The van der Waals surface area contributed by atoms with Crippen molar-refractivity contribution in [3.8, 4) is 0 Å². The number of amides is 1. The van der Waals surface area contributed by atoms with E-state index in [9.17, 15) is 18.2 Å². The van der Waals surface area contributed by atoms with Crippen LogP contribution >= 0.6 is 0 Å². The van der Waals surface area contributed by atoms with Crippen molar-refractivity contribution < 1.29 is 18.2 Å². The molecule has 2 heterocycles. The first kappa shape index (κ1) is 29.6. The molecule has 1 unspecified atom stereocenters. The molecule has 2 saturated heterocycles. The summed E-state index contributed by atoms with van der Waals surface area (Å²) in [6.07, 6.45) is 2.45. The largest absolute Gasteiger partial charge is 0.437 e. The molecule has 1 amide bonds. The minimum absolute atomic E-state index is 0.00633. The highest BCUT2D eigenvalue weighted by molar-refractivity contribution is 7.73.